The molecule has 2 aromatic rings. The van der Waals surface area contributed by atoms with E-state index in [2.05, 4.69) is 40.9 Å². The predicted molar refractivity (Wildman–Crippen MR) is 103 cm³/mol. The van der Waals surface area contributed by atoms with Crippen molar-refractivity contribution < 1.29 is 4.79 Å². The van der Waals surface area contributed by atoms with E-state index in [0.717, 1.165) is 49.8 Å². The van der Waals surface area contributed by atoms with Crippen LogP contribution in [0.25, 0.3) is 11.1 Å². The van der Waals surface area contributed by atoms with Crippen molar-refractivity contribution in [1.29, 1.82) is 0 Å². The van der Waals surface area contributed by atoms with Crippen molar-refractivity contribution in [3.63, 3.8) is 0 Å². The lowest BCUT2D eigenvalue weighted by atomic mass is 9.88. The van der Waals surface area contributed by atoms with Crippen LogP contribution in [-0.4, -0.2) is 20.7 Å². The predicted octanol–water partition coefficient (Wildman–Crippen LogP) is 4.35. The molecule has 5 nitrogen and oxygen atoms in total. The normalized spacial score (nSPS) is 19.3. The highest BCUT2D eigenvalue weighted by atomic mass is 16.1. The fourth-order valence-electron chi connectivity index (χ4n) is 4.35. The van der Waals surface area contributed by atoms with Gasteiger partial charge in [-0.1, -0.05) is 33.1 Å². The molecule has 3 heterocycles. The molecule has 5 heteroatoms. The van der Waals surface area contributed by atoms with Crippen molar-refractivity contribution in [3.8, 4) is 11.1 Å². The highest BCUT2D eigenvalue weighted by molar-refractivity contribution is 5.92. The van der Waals surface area contributed by atoms with Gasteiger partial charge in [-0.05, 0) is 48.8 Å². The van der Waals surface area contributed by atoms with Crippen LogP contribution in [0.3, 0.4) is 0 Å². The molecule has 0 atom stereocenters. The number of carbonyl (C=O) groups excluding carboxylic acids is 1. The van der Waals surface area contributed by atoms with Crippen LogP contribution in [0.2, 0.25) is 0 Å². The van der Waals surface area contributed by atoms with E-state index in [9.17, 15) is 4.79 Å². The van der Waals surface area contributed by atoms with E-state index in [1.165, 1.54) is 17.7 Å². The van der Waals surface area contributed by atoms with E-state index >= 15 is 0 Å². The molecule has 1 aliphatic carbocycles. The van der Waals surface area contributed by atoms with Gasteiger partial charge in [-0.3, -0.25) is 9.48 Å². The molecule has 0 aromatic carbocycles. The lowest BCUT2D eigenvalue weighted by Crippen LogP contribution is -2.25. The number of pyridine rings is 1. The molecule has 0 unspecified atom stereocenters. The third-order valence-electron chi connectivity index (χ3n) is 5.79. The molecule has 0 saturated heterocycles. The summed E-state index contributed by atoms with van der Waals surface area (Å²) < 4.78 is 2.12. The number of nitrogens with one attached hydrogen (secondary N) is 1. The van der Waals surface area contributed by atoms with Crippen LogP contribution >= 0.6 is 0 Å². The maximum Gasteiger partial charge on any atom is 0.228 e. The van der Waals surface area contributed by atoms with E-state index in [0.29, 0.717) is 5.82 Å². The van der Waals surface area contributed by atoms with Crippen molar-refractivity contribution in [2.24, 2.45) is 11.3 Å². The van der Waals surface area contributed by atoms with E-state index in [1.54, 1.807) is 0 Å². The fourth-order valence-corrected chi connectivity index (χ4v) is 4.35. The zero-order chi connectivity index (χ0) is 18.3. The number of amides is 1. The first-order valence-corrected chi connectivity index (χ1v) is 9.75. The average Bonchev–Trinajstić information content (AvgIpc) is 3.12. The Labute approximate surface area is 155 Å². The summed E-state index contributed by atoms with van der Waals surface area (Å²) in [6, 6.07) is 2.01. The van der Waals surface area contributed by atoms with Gasteiger partial charge in [-0.25, -0.2) is 4.98 Å². The van der Waals surface area contributed by atoms with Crippen molar-refractivity contribution in [3.05, 3.63) is 29.7 Å². The Bertz CT molecular complexity index is 831. The highest BCUT2D eigenvalue weighted by Crippen LogP contribution is 2.38. The van der Waals surface area contributed by atoms with Gasteiger partial charge in [0, 0.05) is 29.9 Å². The molecular formula is C21H28N4O. The van der Waals surface area contributed by atoms with Crippen molar-refractivity contribution in [2.45, 2.75) is 65.8 Å². The maximum atomic E-state index is 12.6. The second kappa shape index (κ2) is 6.53. The summed E-state index contributed by atoms with van der Waals surface area (Å²) in [6.07, 6.45) is 10.4. The molecule has 2 aliphatic rings. The van der Waals surface area contributed by atoms with Gasteiger partial charge in [0.2, 0.25) is 5.91 Å². The van der Waals surface area contributed by atoms with Gasteiger partial charge in [0.05, 0.1) is 6.20 Å². The van der Waals surface area contributed by atoms with Crippen molar-refractivity contribution in [2.75, 3.05) is 5.32 Å². The van der Waals surface area contributed by atoms with Crippen LogP contribution in [0.5, 0.6) is 0 Å². The van der Waals surface area contributed by atoms with Crippen molar-refractivity contribution in [1.82, 2.24) is 14.8 Å². The molecule has 4 rings (SSSR count). The Morgan fingerprint density at radius 2 is 1.96 bits per heavy atom. The summed E-state index contributed by atoms with van der Waals surface area (Å²) >= 11 is 0. The molecule has 0 radical (unpaired) electrons. The Morgan fingerprint density at radius 1 is 1.19 bits per heavy atom. The Balaban J connectivity index is 1.59. The Kier molecular flexibility index (Phi) is 4.33. The summed E-state index contributed by atoms with van der Waals surface area (Å²) in [5, 5.41) is 7.63. The number of hydrogen-bond acceptors (Lipinski definition) is 3. The first-order valence-electron chi connectivity index (χ1n) is 9.75. The van der Waals surface area contributed by atoms with Crippen LogP contribution in [0.4, 0.5) is 5.82 Å². The van der Waals surface area contributed by atoms with E-state index < -0.39 is 0 Å². The van der Waals surface area contributed by atoms with Gasteiger partial charge in [0.1, 0.15) is 5.82 Å². The molecule has 0 spiro atoms. The minimum Gasteiger partial charge on any atom is -0.310 e. The van der Waals surface area contributed by atoms with Gasteiger partial charge < -0.3 is 5.32 Å². The number of hydrogen-bond donors (Lipinski definition) is 1. The lowest BCUT2D eigenvalue weighted by molar-refractivity contribution is -0.120. The molecule has 1 N–H and O–H groups in total. The van der Waals surface area contributed by atoms with Crippen LogP contribution < -0.4 is 5.32 Å². The summed E-state index contributed by atoms with van der Waals surface area (Å²) in [4.78, 5) is 17.0. The quantitative estimate of drug-likeness (QED) is 0.893. The fraction of sp³-hybridized carbons (Fsp3) is 0.571. The Hall–Kier alpha value is -2.17. The van der Waals surface area contributed by atoms with Gasteiger partial charge >= 0.3 is 0 Å². The topological polar surface area (TPSA) is 59.8 Å². The number of rotatable bonds is 3. The molecule has 138 valence electrons. The monoisotopic (exact) mass is 352 g/mol. The Morgan fingerprint density at radius 3 is 2.73 bits per heavy atom. The van der Waals surface area contributed by atoms with Crippen LogP contribution in [-0.2, 0) is 17.8 Å². The van der Waals surface area contributed by atoms with Gasteiger partial charge in [-0.15, -0.1) is 0 Å². The molecule has 1 fully saturated rings. The molecule has 0 bridgehead atoms. The van der Waals surface area contributed by atoms with Crippen molar-refractivity contribution >= 4 is 11.7 Å². The highest BCUT2D eigenvalue weighted by Gasteiger charge is 2.32. The number of aromatic nitrogens is 3. The minimum absolute atomic E-state index is 0.119. The third-order valence-corrected chi connectivity index (χ3v) is 5.79. The van der Waals surface area contributed by atoms with E-state index in [1.807, 2.05) is 18.5 Å². The van der Waals surface area contributed by atoms with Gasteiger partial charge in [0.15, 0.2) is 0 Å². The smallest absolute Gasteiger partial charge is 0.228 e. The molecule has 26 heavy (non-hydrogen) atoms. The third kappa shape index (κ3) is 3.27. The summed E-state index contributed by atoms with van der Waals surface area (Å²) in [6.45, 7) is 7.58. The standard InChI is InChI=1S/C21H28N4O/c1-14-11-22-19(24-20(26)15-7-5-4-6-8-15)9-16(14)17-12-23-25-13-21(2,3)10-18(17)25/h9,11-12,15H,4-8,10,13H2,1-3H3,(H,22,24,26). The molecular weight excluding hydrogens is 324 g/mol. The van der Waals surface area contributed by atoms with Gasteiger partial charge in [-0.2, -0.15) is 5.10 Å². The molecule has 1 amide bonds. The summed E-state index contributed by atoms with van der Waals surface area (Å²) in [5.41, 5.74) is 4.94. The lowest BCUT2D eigenvalue weighted by Gasteiger charge is -2.20. The zero-order valence-corrected chi connectivity index (χ0v) is 16.0. The molecule has 1 aliphatic heterocycles. The second-order valence-electron chi connectivity index (χ2n) is 8.71. The van der Waals surface area contributed by atoms with Crippen LogP contribution in [0.15, 0.2) is 18.5 Å². The molecule has 2 aromatic heterocycles. The molecule has 1 saturated carbocycles. The summed E-state index contributed by atoms with van der Waals surface area (Å²) in [5.74, 6) is 0.906. The maximum absolute atomic E-state index is 12.6. The van der Waals surface area contributed by atoms with Crippen LogP contribution in [0, 0.1) is 18.3 Å². The van der Waals surface area contributed by atoms with E-state index in [4.69, 9.17) is 0 Å². The number of anilines is 1. The second-order valence-corrected chi connectivity index (χ2v) is 8.71. The average molecular weight is 352 g/mol. The van der Waals surface area contributed by atoms with Crippen LogP contribution in [0.1, 0.15) is 57.2 Å². The summed E-state index contributed by atoms with van der Waals surface area (Å²) in [7, 11) is 0. The first kappa shape index (κ1) is 17.3. The largest absolute Gasteiger partial charge is 0.310 e. The number of nitrogens with zero attached hydrogens (tertiary/aromatic N) is 3. The van der Waals surface area contributed by atoms with E-state index in [-0.39, 0.29) is 17.2 Å². The number of fused-ring (bicyclic) bond motifs is 1. The number of aryl methyl sites for hydroxylation is 1. The number of carbonyl (C=O) groups is 1. The SMILES string of the molecule is Cc1cnc(NC(=O)C2CCCCC2)cc1-c1cnn2c1CC(C)(C)C2. The minimum atomic E-state index is 0.119. The zero-order valence-electron chi connectivity index (χ0n) is 16.0. The first-order chi connectivity index (χ1) is 12.4. The van der Waals surface area contributed by atoms with Gasteiger partial charge in [0.25, 0.3) is 0 Å².